The van der Waals surface area contributed by atoms with Gasteiger partial charge in [-0.2, -0.15) is 0 Å². The smallest absolute Gasteiger partial charge is 0.0644 e. The van der Waals surface area contributed by atoms with E-state index in [1.54, 1.807) is 0 Å². The fourth-order valence-corrected chi connectivity index (χ4v) is 1.19. The molecule has 1 aromatic rings. The first-order chi connectivity index (χ1) is 6.15. The number of aliphatic hydroxyl groups is 1. The van der Waals surface area contributed by atoms with Crippen molar-refractivity contribution in [3.8, 4) is 0 Å². The van der Waals surface area contributed by atoms with E-state index in [4.69, 9.17) is 16.7 Å². The van der Waals surface area contributed by atoms with Gasteiger partial charge < -0.3 is 5.11 Å². The third-order valence-corrected chi connectivity index (χ3v) is 2.41. The number of aliphatic hydroxyl groups excluding tert-OH is 1. The second kappa shape index (κ2) is 4.45. The molecule has 0 bridgehead atoms. The third kappa shape index (κ3) is 2.58. The van der Waals surface area contributed by atoms with Crippen LogP contribution in [0, 0.1) is 0 Å². The maximum atomic E-state index is 8.94. The van der Waals surface area contributed by atoms with Crippen LogP contribution in [0.5, 0.6) is 0 Å². The third-order valence-electron chi connectivity index (χ3n) is 2.15. The zero-order chi connectivity index (χ0) is 9.84. The van der Waals surface area contributed by atoms with E-state index >= 15 is 0 Å². The molecule has 0 aliphatic rings. The Hall–Kier alpha value is -0.790. The first kappa shape index (κ1) is 10.3. The minimum atomic E-state index is 0.106. The predicted molar refractivity (Wildman–Crippen MR) is 56.8 cm³/mol. The van der Waals surface area contributed by atoms with Crippen LogP contribution in [-0.4, -0.2) is 11.7 Å². The number of benzene rings is 1. The standard InChI is InChI=1S/C11H13ClO/c1-8(7-13)9(2)10-3-5-11(12)6-4-10/h3-6,13H,7H2,1-2H3/b9-8-. The van der Waals surface area contributed by atoms with Gasteiger partial charge in [0.05, 0.1) is 6.61 Å². The van der Waals surface area contributed by atoms with E-state index in [-0.39, 0.29) is 6.61 Å². The van der Waals surface area contributed by atoms with Crippen molar-refractivity contribution in [1.29, 1.82) is 0 Å². The number of rotatable bonds is 2. The molecule has 1 rings (SSSR count). The molecule has 0 saturated heterocycles. The molecule has 0 aromatic heterocycles. The minimum absolute atomic E-state index is 0.106. The maximum Gasteiger partial charge on any atom is 0.0644 e. The van der Waals surface area contributed by atoms with Gasteiger partial charge >= 0.3 is 0 Å². The molecule has 0 spiro atoms. The first-order valence-electron chi connectivity index (χ1n) is 4.18. The van der Waals surface area contributed by atoms with Crippen molar-refractivity contribution < 1.29 is 5.11 Å². The fraction of sp³-hybridized carbons (Fsp3) is 0.273. The van der Waals surface area contributed by atoms with Crippen LogP contribution in [0.15, 0.2) is 29.8 Å². The molecule has 0 aliphatic heterocycles. The van der Waals surface area contributed by atoms with Crippen molar-refractivity contribution >= 4 is 17.2 Å². The van der Waals surface area contributed by atoms with Gasteiger partial charge in [0.25, 0.3) is 0 Å². The molecule has 2 heteroatoms. The zero-order valence-electron chi connectivity index (χ0n) is 7.84. The monoisotopic (exact) mass is 196 g/mol. The molecule has 13 heavy (non-hydrogen) atoms. The summed E-state index contributed by atoms with van der Waals surface area (Å²) in [6, 6.07) is 7.61. The lowest BCUT2D eigenvalue weighted by Crippen LogP contribution is -1.89. The van der Waals surface area contributed by atoms with E-state index in [1.165, 1.54) is 0 Å². The van der Waals surface area contributed by atoms with E-state index in [0.29, 0.717) is 0 Å². The summed E-state index contributed by atoms with van der Waals surface area (Å²) >= 11 is 5.76. The molecule has 0 radical (unpaired) electrons. The normalized spacial score (nSPS) is 12.6. The average Bonchev–Trinajstić information content (AvgIpc) is 2.17. The molecule has 1 N–H and O–H groups in total. The quantitative estimate of drug-likeness (QED) is 0.771. The van der Waals surface area contributed by atoms with Crippen LogP contribution in [0.1, 0.15) is 19.4 Å². The summed E-state index contributed by atoms with van der Waals surface area (Å²) in [7, 11) is 0. The zero-order valence-corrected chi connectivity index (χ0v) is 8.60. The van der Waals surface area contributed by atoms with E-state index < -0.39 is 0 Å². The summed E-state index contributed by atoms with van der Waals surface area (Å²) in [5, 5.41) is 9.67. The van der Waals surface area contributed by atoms with Crippen LogP contribution in [0.4, 0.5) is 0 Å². The molecule has 1 nitrogen and oxygen atoms in total. The van der Waals surface area contributed by atoms with Crippen LogP contribution < -0.4 is 0 Å². The molecule has 0 unspecified atom stereocenters. The molecule has 0 aliphatic carbocycles. The topological polar surface area (TPSA) is 20.2 Å². The van der Waals surface area contributed by atoms with Gasteiger partial charge in [-0.25, -0.2) is 0 Å². The summed E-state index contributed by atoms with van der Waals surface area (Å²) < 4.78 is 0. The molecule has 0 heterocycles. The van der Waals surface area contributed by atoms with E-state index in [2.05, 4.69) is 0 Å². The number of allylic oxidation sites excluding steroid dienone is 1. The molecule has 0 atom stereocenters. The van der Waals surface area contributed by atoms with Gasteiger partial charge in [-0.1, -0.05) is 23.7 Å². The second-order valence-electron chi connectivity index (χ2n) is 3.07. The van der Waals surface area contributed by atoms with Crippen molar-refractivity contribution in [1.82, 2.24) is 0 Å². The van der Waals surface area contributed by atoms with Crippen molar-refractivity contribution in [2.24, 2.45) is 0 Å². The lowest BCUT2D eigenvalue weighted by molar-refractivity contribution is 0.332. The Morgan fingerprint density at radius 1 is 1.23 bits per heavy atom. The Balaban J connectivity index is 3.02. The Bertz CT molecular complexity index is 311. The summed E-state index contributed by atoms with van der Waals surface area (Å²) in [5.74, 6) is 0. The number of halogens is 1. The van der Waals surface area contributed by atoms with Crippen LogP contribution in [-0.2, 0) is 0 Å². The van der Waals surface area contributed by atoms with Crippen molar-refractivity contribution in [2.45, 2.75) is 13.8 Å². The molecule has 0 saturated carbocycles. The van der Waals surface area contributed by atoms with Crippen LogP contribution >= 0.6 is 11.6 Å². The Morgan fingerprint density at radius 2 is 1.77 bits per heavy atom. The van der Waals surface area contributed by atoms with Gasteiger partial charge in [0.2, 0.25) is 0 Å². The Morgan fingerprint density at radius 3 is 2.23 bits per heavy atom. The van der Waals surface area contributed by atoms with E-state index in [9.17, 15) is 0 Å². The Kier molecular flexibility index (Phi) is 3.52. The van der Waals surface area contributed by atoms with Crippen LogP contribution in [0.25, 0.3) is 5.57 Å². The second-order valence-corrected chi connectivity index (χ2v) is 3.51. The lowest BCUT2D eigenvalue weighted by atomic mass is 10.0. The highest BCUT2D eigenvalue weighted by Crippen LogP contribution is 2.19. The minimum Gasteiger partial charge on any atom is -0.392 e. The molecular weight excluding hydrogens is 184 g/mol. The average molecular weight is 197 g/mol. The van der Waals surface area contributed by atoms with Crippen LogP contribution in [0.3, 0.4) is 0 Å². The van der Waals surface area contributed by atoms with Gasteiger partial charge in [0.15, 0.2) is 0 Å². The summed E-state index contributed by atoms with van der Waals surface area (Å²) in [6.07, 6.45) is 0. The highest BCUT2D eigenvalue weighted by Gasteiger charge is 1.98. The SMILES string of the molecule is C/C(CO)=C(\C)c1ccc(Cl)cc1. The lowest BCUT2D eigenvalue weighted by Gasteiger charge is -2.05. The predicted octanol–water partition coefficient (Wildman–Crippen LogP) is 3.13. The molecule has 0 fully saturated rings. The molecule has 70 valence electrons. The summed E-state index contributed by atoms with van der Waals surface area (Å²) in [6.45, 7) is 4.02. The number of hydrogen-bond acceptors (Lipinski definition) is 1. The highest BCUT2D eigenvalue weighted by atomic mass is 35.5. The van der Waals surface area contributed by atoms with E-state index in [0.717, 1.165) is 21.7 Å². The maximum absolute atomic E-state index is 8.94. The molecular formula is C11H13ClO. The van der Waals surface area contributed by atoms with Crippen LogP contribution in [0.2, 0.25) is 5.02 Å². The van der Waals surface area contributed by atoms with Crippen molar-refractivity contribution in [2.75, 3.05) is 6.61 Å². The van der Waals surface area contributed by atoms with E-state index in [1.807, 2.05) is 38.1 Å². The first-order valence-corrected chi connectivity index (χ1v) is 4.56. The van der Waals surface area contributed by atoms with Gasteiger partial charge in [0, 0.05) is 5.02 Å². The van der Waals surface area contributed by atoms with Gasteiger partial charge in [-0.3, -0.25) is 0 Å². The summed E-state index contributed by atoms with van der Waals surface area (Å²) in [5.41, 5.74) is 3.21. The fourth-order valence-electron chi connectivity index (χ4n) is 1.06. The van der Waals surface area contributed by atoms with Gasteiger partial charge in [0.1, 0.15) is 0 Å². The number of hydrogen-bond donors (Lipinski definition) is 1. The molecule has 1 aromatic carbocycles. The Labute approximate surface area is 83.7 Å². The van der Waals surface area contributed by atoms with Gasteiger partial charge in [-0.05, 0) is 42.7 Å². The molecule has 0 amide bonds. The van der Waals surface area contributed by atoms with Crippen molar-refractivity contribution in [3.63, 3.8) is 0 Å². The largest absolute Gasteiger partial charge is 0.392 e. The summed E-state index contributed by atoms with van der Waals surface area (Å²) in [4.78, 5) is 0. The van der Waals surface area contributed by atoms with Gasteiger partial charge in [-0.15, -0.1) is 0 Å². The van der Waals surface area contributed by atoms with Crippen molar-refractivity contribution in [3.05, 3.63) is 40.4 Å². The highest BCUT2D eigenvalue weighted by molar-refractivity contribution is 6.30.